The highest BCUT2D eigenvalue weighted by Gasteiger charge is 2.17. The van der Waals surface area contributed by atoms with E-state index < -0.39 is 0 Å². The van der Waals surface area contributed by atoms with Crippen LogP contribution in [0.25, 0.3) is 17.1 Å². The molecule has 35 heavy (non-hydrogen) atoms. The summed E-state index contributed by atoms with van der Waals surface area (Å²) in [6.45, 7) is 3.80. The first-order valence-electron chi connectivity index (χ1n) is 10.5. The third-order valence-corrected chi connectivity index (χ3v) is 6.97. The summed E-state index contributed by atoms with van der Waals surface area (Å²) in [6, 6.07) is 20.6. The van der Waals surface area contributed by atoms with Crippen LogP contribution in [0.1, 0.15) is 18.1 Å². The molecule has 3 aromatic carbocycles. The average Bonchev–Trinajstić information content (AvgIpc) is 3.27. The van der Waals surface area contributed by atoms with Crippen LogP contribution in [0.15, 0.2) is 77.0 Å². The van der Waals surface area contributed by atoms with E-state index in [0.717, 1.165) is 22.4 Å². The molecule has 6 nitrogen and oxygen atoms in total. The zero-order valence-corrected chi connectivity index (χ0v) is 21.9. The molecule has 0 aliphatic rings. The number of benzene rings is 3. The molecule has 0 fully saturated rings. The van der Waals surface area contributed by atoms with Crippen molar-refractivity contribution < 1.29 is 4.79 Å². The number of nitrogens with one attached hydrogen (secondary N) is 1. The SMILES string of the molecule is C/C(=N/NC(=O)CSc1nnc(-c2ccc(C)cc2)n1-c1ccc(Cl)cc1)c1ccc(Cl)c(Cl)c1. The van der Waals surface area contributed by atoms with Crippen molar-refractivity contribution in [3.05, 3.63) is 92.9 Å². The first-order valence-corrected chi connectivity index (χ1v) is 12.6. The van der Waals surface area contributed by atoms with Crippen LogP contribution in [-0.4, -0.2) is 32.1 Å². The van der Waals surface area contributed by atoms with Crippen LogP contribution < -0.4 is 5.43 Å². The fourth-order valence-corrected chi connectivity index (χ4v) is 4.34. The van der Waals surface area contributed by atoms with Crippen molar-refractivity contribution >= 4 is 58.2 Å². The number of carbonyl (C=O) groups excluding carboxylic acids is 1. The van der Waals surface area contributed by atoms with Gasteiger partial charge < -0.3 is 0 Å². The van der Waals surface area contributed by atoms with Crippen LogP contribution in [0, 0.1) is 6.92 Å². The Labute approximate surface area is 222 Å². The highest BCUT2D eigenvalue weighted by Crippen LogP contribution is 2.29. The number of aromatic nitrogens is 3. The lowest BCUT2D eigenvalue weighted by molar-refractivity contribution is -0.118. The second-order valence-corrected chi connectivity index (χ2v) is 9.83. The van der Waals surface area contributed by atoms with Crippen LogP contribution >= 0.6 is 46.6 Å². The minimum atomic E-state index is -0.281. The minimum Gasteiger partial charge on any atom is -0.272 e. The molecule has 1 heterocycles. The first-order chi connectivity index (χ1) is 16.8. The van der Waals surface area contributed by atoms with Gasteiger partial charge in [-0.15, -0.1) is 10.2 Å². The zero-order chi connectivity index (χ0) is 24.9. The maximum absolute atomic E-state index is 12.5. The van der Waals surface area contributed by atoms with E-state index in [4.69, 9.17) is 34.8 Å². The molecule has 0 unspecified atom stereocenters. The highest BCUT2D eigenvalue weighted by atomic mass is 35.5. The Bertz CT molecular complexity index is 1390. The van der Waals surface area contributed by atoms with E-state index in [2.05, 4.69) is 20.7 Å². The molecule has 10 heteroatoms. The van der Waals surface area contributed by atoms with Crippen LogP contribution in [-0.2, 0) is 4.79 Å². The van der Waals surface area contributed by atoms with Gasteiger partial charge in [0.1, 0.15) is 0 Å². The number of rotatable bonds is 7. The molecule has 0 aliphatic heterocycles. The molecule has 0 bridgehead atoms. The van der Waals surface area contributed by atoms with Crippen molar-refractivity contribution in [3.8, 4) is 17.1 Å². The van der Waals surface area contributed by atoms with Gasteiger partial charge in [-0.1, -0.05) is 82.5 Å². The highest BCUT2D eigenvalue weighted by molar-refractivity contribution is 7.99. The van der Waals surface area contributed by atoms with Gasteiger partial charge in [-0.25, -0.2) is 5.43 Å². The largest absolute Gasteiger partial charge is 0.272 e. The smallest absolute Gasteiger partial charge is 0.250 e. The quantitative estimate of drug-likeness (QED) is 0.157. The number of aryl methyl sites for hydroxylation is 1. The van der Waals surface area contributed by atoms with Crippen molar-refractivity contribution in [1.82, 2.24) is 20.2 Å². The fourth-order valence-electron chi connectivity index (χ4n) is 3.17. The molecule has 0 saturated heterocycles. The lowest BCUT2D eigenvalue weighted by atomic mass is 10.1. The van der Waals surface area contributed by atoms with Gasteiger partial charge in [0.25, 0.3) is 5.91 Å². The second-order valence-electron chi connectivity index (χ2n) is 7.63. The molecular weight excluding hydrogens is 525 g/mol. The maximum atomic E-state index is 12.5. The number of thioether (sulfide) groups is 1. The standard InChI is InChI=1S/C25H20Cl3N5OS/c1-15-3-5-17(6-4-15)24-31-32-25(33(24)20-10-8-19(26)9-11-20)35-14-23(34)30-29-16(2)18-7-12-21(27)22(28)13-18/h3-13H,14H2,1-2H3,(H,30,34)/b29-16-. The fraction of sp³-hybridized carbons (Fsp3) is 0.120. The summed E-state index contributed by atoms with van der Waals surface area (Å²) in [7, 11) is 0. The predicted octanol–water partition coefficient (Wildman–Crippen LogP) is 6.84. The second kappa shape index (κ2) is 11.3. The number of amides is 1. The van der Waals surface area contributed by atoms with Crippen molar-refractivity contribution in [2.75, 3.05) is 5.75 Å². The van der Waals surface area contributed by atoms with Gasteiger partial charge in [-0.2, -0.15) is 5.10 Å². The Hall–Kier alpha value is -2.84. The molecule has 0 spiro atoms. The Morgan fingerprint density at radius 3 is 2.37 bits per heavy atom. The van der Waals surface area contributed by atoms with Crippen LogP contribution in [0.4, 0.5) is 0 Å². The number of halogens is 3. The third kappa shape index (κ3) is 6.24. The Balaban J connectivity index is 1.52. The molecule has 0 atom stereocenters. The minimum absolute atomic E-state index is 0.0950. The van der Waals surface area contributed by atoms with Crippen molar-refractivity contribution in [2.45, 2.75) is 19.0 Å². The summed E-state index contributed by atoms with van der Waals surface area (Å²) in [5, 5.41) is 15.0. The molecule has 0 radical (unpaired) electrons. The van der Waals surface area contributed by atoms with Crippen molar-refractivity contribution in [1.29, 1.82) is 0 Å². The zero-order valence-electron chi connectivity index (χ0n) is 18.8. The van der Waals surface area contributed by atoms with E-state index in [-0.39, 0.29) is 11.7 Å². The van der Waals surface area contributed by atoms with E-state index >= 15 is 0 Å². The normalized spacial score (nSPS) is 11.5. The molecule has 0 aliphatic carbocycles. The van der Waals surface area contributed by atoms with Gasteiger partial charge in [-0.05, 0) is 55.8 Å². The number of hydrazone groups is 1. The molecule has 0 saturated carbocycles. The molecular formula is C25H20Cl3N5OS. The number of nitrogens with zero attached hydrogens (tertiary/aromatic N) is 4. The number of hydrogen-bond donors (Lipinski definition) is 1. The summed E-state index contributed by atoms with van der Waals surface area (Å²) < 4.78 is 1.91. The molecule has 4 rings (SSSR count). The lowest BCUT2D eigenvalue weighted by Crippen LogP contribution is -2.21. The first kappa shape index (κ1) is 25.3. The van der Waals surface area contributed by atoms with E-state index in [0.29, 0.717) is 31.8 Å². The predicted molar refractivity (Wildman–Crippen MR) is 144 cm³/mol. The summed E-state index contributed by atoms with van der Waals surface area (Å²) in [4.78, 5) is 12.5. The van der Waals surface area contributed by atoms with Gasteiger partial charge in [-0.3, -0.25) is 9.36 Å². The molecule has 1 amide bonds. The van der Waals surface area contributed by atoms with E-state index in [1.54, 1.807) is 37.3 Å². The monoisotopic (exact) mass is 543 g/mol. The Kier molecular flexibility index (Phi) is 8.13. The Morgan fingerprint density at radius 2 is 1.69 bits per heavy atom. The van der Waals surface area contributed by atoms with Gasteiger partial charge >= 0.3 is 0 Å². The molecule has 4 aromatic rings. The van der Waals surface area contributed by atoms with Gasteiger partial charge in [0.2, 0.25) is 0 Å². The molecule has 178 valence electrons. The summed E-state index contributed by atoms with van der Waals surface area (Å²) >= 11 is 19.4. The third-order valence-electron chi connectivity index (χ3n) is 5.05. The van der Waals surface area contributed by atoms with E-state index in [9.17, 15) is 4.79 Å². The van der Waals surface area contributed by atoms with E-state index in [1.807, 2.05) is 47.9 Å². The summed E-state index contributed by atoms with van der Waals surface area (Å²) in [5.74, 6) is 0.485. The maximum Gasteiger partial charge on any atom is 0.250 e. The van der Waals surface area contributed by atoms with Gasteiger partial charge in [0.15, 0.2) is 11.0 Å². The Morgan fingerprint density at radius 1 is 0.971 bits per heavy atom. The lowest BCUT2D eigenvalue weighted by Gasteiger charge is -2.10. The van der Waals surface area contributed by atoms with Crippen molar-refractivity contribution in [3.63, 3.8) is 0 Å². The molecule has 1 N–H and O–H groups in total. The number of carbonyl (C=O) groups is 1. The summed E-state index contributed by atoms with van der Waals surface area (Å²) in [5.41, 5.74) is 6.84. The van der Waals surface area contributed by atoms with E-state index in [1.165, 1.54) is 11.8 Å². The van der Waals surface area contributed by atoms with Crippen LogP contribution in [0.5, 0.6) is 0 Å². The van der Waals surface area contributed by atoms with Gasteiger partial charge in [0, 0.05) is 16.3 Å². The van der Waals surface area contributed by atoms with Crippen molar-refractivity contribution in [2.24, 2.45) is 5.10 Å². The topological polar surface area (TPSA) is 72.2 Å². The van der Waals surface area contributed by atoms with Crippen LogP contribution in [0.3, 0.4) is 0 Å². The van der Waals surface area contributed by atoms with Crippen LogP contribution in [0.2, 0.25) is 15.1 Å². The summed E-state index contributed by atoms with van der Waals surface area (Å²) in [6.07, 6.45) is 0. The number of hydrogen-bond acceptors (Lipinski definition) is 5. The van der Waals surface area contributed by atoms with Gasteiger partial charge in [0.05, 0.1) is 21.5 Å². The molecule has 1 aromatic heterocycles. The average molecular weight is 545 g/mol.